The maximum atomic E-state index is 12.5. The van der Waals surface area contributed by atoms with E-state index < -0.39 is 5.91 Å². The molecular weight excluding hydrogens is 480 g/mol. The Balaban J connectivity index is 1.43. The summed E-state index contributed by atoms with van der Waals surface area (Å²) in [4.78, 5) is 17.7. The fourth-order valence-electron chi connectivity index (χ4n) is 3.08. The first-order chi connectivity index (χ1) is 16.0. The van der Waals surface area contributed by atoms with Gasteiger partial charge in [-0.3, -0.25) is 10.2 Å². The van der Waals surface area contributed by atoms with Gasteiger partial charge in [0.2, 0.25) is 5.17 Å². The molecule has 0 aromatic heterocycles. The molecule has 10 heteroatoms. The number of fused-ring (bicyclic) bond motifs is 1. The number of rotatable bonds is 8. The van der Waals surface area contributed by atoms with E-state index in [2.05, 4.69) is 10.1 Å². The van der Waals surface area contributed by atoms with E-state index in [0.717, 1.165) is 22.1 Å². The Morgan fingerprint density at radius 2 is 2.00 bits per heavy atom. The number of halogens is 1. The molecule has 170 valence electrons. The van der Waals surface area contributed by atoms with Gasteiger partial charge in [0.05, 0.1) is 19.3 Å². The van der Waals surface area contributed by atoms with E-state index in [-0.39, 0.29) is 11.4 Å². The molecule has 0 aliphatic carbocycles. The largest absolute Gasteiger partial charge is 0.493 e. The number of amides is 1. The molecule has 0 fully saturated rings. The molecule has 33 heavy (non-hydrogen) atoms. The monoisotopic (exact) mass is 500 g/mol. The number of amidine groups is 2. The maximum Gasteiger partial charge on any atom is 0.283 e. The van der Waals surface area contributed by atoms with Gasteiger partial charge in [-0.15, -0.1) is 11.8 Å². The number of carbonyl (C=O) groups excluding carboxylic acids is 1. The van der Waals surface area contributed by atoms with Crippen LogP contribution in [0.1, 0.15) is 18.9 Å². The Hall–Kier alpha value is -2.75. The molecule has 4 rings (SSSR count). The van der Waals surface area contributed by atoms with Gasteiger partial charge < -0.3 is 9.47 Å². The Morgan fingerprint density at radius 3 is 2.73 bits per heavy atom. The van der Waals surface area contributed by atoms with E-state index in [1.807, 2.05) is 37.3 Å². The number of benzene rings is 2. The number of methoxy groups -OCH3 is 1. The smallest absolute Gasteiger partial charge is 0.283 e. The van der Waals surface area contributed by atoms with Crippen LogP contribution in [-0.4, -0.2) is 46.4 Å². The SMILES string of the molecule is CCC1=NN2C(=N)/C(=C/c3ccc(OCCSc4ccc(Cl)cc4)c(OC)c3)C(=O)N=C2S1. The molecule has 7 nitrogen and oxygen atoms in total. The standard InChI is InChI=1S/C23H21ClN4O3S2/c1-3-20-27-28-21(25)17(22(29)26-23(28)33-20)12-14-4-9-18(19(13-14)30-2)31-10-11-32-16-7-5-15(24)6-8-16/h4-9,12-13,25H,3,10-11H2,1-2H3/b17-12-,25-21?. The van der Waals surface area contributed by atoms with Gasteiger partial charge in [-0.1, -0.05) is 24.6 Å². The van der Waals surface area contributed by atoms with Crippen molar-refractivity contribution in [3.63, 3.8) is 0 Å². The van der Waals surface area contributed by atoms with Crippen molar-refractivity contribution in [1.29, 1.82) is 5.41 Å². The number of nitrogens with one attached hydrogen (secondary N) is 1. The zero-order valence-corrected chi connectivity index (χ0v) is 20.4. The van der Waals surface area contributed by atoms with Gasteiger partial charge in [0.15, 0.2) is 17.3 Å². The van der Waals surface area contributed by atoms with Crippen LogP contribution in [0.2, 0.25) is 5.02 Å². The third-order valence-electron chi connectivity index (χ3n) is 4.72. The van der Waals surface area contributed by atoms with Crippen LogP contribution in [0, 0.1) is 5.41 Å². The summed E-state index contributed by atoms with van der Waals surface area (Å²) in [5.74, 6) is 1.47. The summed E-state index contributed by atoms with van der Waals surface area (Å²) in [5.41, 5.74) is 0.878. The average Bonchev–Trinajstić information content (AvgIpc) is 3.24. The Morgan fingerprint density at radius 1 is 1.21 bits per heavy atom. The number of hydrogen-bond acceptors (Lipinski definition) is 7. The molecule has 2 aliphatic heterocycles. The van der Waals surface area contributed by atoms with Gasteiger partial charge in [-0.25, -0.2) is 0 Å². The quantitative estimate of drug-likeness (QED) is 0.290. The molecule has 0 unspecified atom stereocenters. The average molecular weight is 501 g/mol. The molecule has 0 saturated heterocycles. The lowest BCUT2D eigenvalue weighted by molar-refractivity contribution is -0.114. The first-order valence-corrected chi connectivity index (χ1v) is 12.3. The molecule has 2 aliphatic rings. The number of ether oxygens (including phenoxy) is 2. The van der Waals surface area contributed by atoms with Crippen molar-refractivity contribution in [3.8, 4) is 11.5 Å². The lowest BCUT2D eigenvalue weighted by atomic mass is 10.1. The Bertz CT molecular complexity index is 1180. The second-order valence-corrected chi connectivity index (χ2v) is 9.57. The highest BCUT2D eigenvalue weighted by molar-refractivity contribution is 8.26. The Labute approximate surface area is 205 Å². The molecule has 0 bridgehead atoms. The molecule has 1 N–H and O–H groups in total. The van der Waals surface area contributed by atoms with Crippen molar-refractivity contribution < 1.29 is 14.3 Å². The van der Waals surface area contributed by atoms with Gasteiger partial charge in [0.1, 0.15) is 5.04 Å². The number of hydrogen-bond donors (Lipinski definition) is 1. The van der Waals surface area contributed by atoms with E-state index in [4.69, 9.17) is 26.5 Å². The molecule has 0 radical (unpaired) electrons. The van der Waals surface area contributed by atoms with Crippen molar-refractivity contribution in [1.82, 2.24) is 5.01 Å². The van der Waals surface area contributed by atoms with E-state index in [0.29, 0.717) is 33.9 Å². The van der Waals surface area contributed by atoms with Gasteiger partial charge in [0.25, 0.3) is 5.91 Å². The third-order valence-corrected chi connectivity index (χ3v) is 7.00. The minimum atomic E-state index is -0.454. The number of thioether (sulfide) groups is 2. The lowest BCUT2D eigenvalue weighted by Gasteiger charge is -2.20. The van der Waals surface area contributed by atoms with E-state index >= 15 is 0 Å². The van der Waals surface area contributed by atoms with E-state index in [1.165, 1.54) is 16.8 Å². The summed E-state index contributed by atoms with van der Waals surface area (Å²) in [7, 11) is 1.56. The van der Waals surface area contributed by atoms with Crippen LogP contribution in [0.15, 0.2) is 63.0 Å². The normalized spacial score (nSPS) is 16.6. The van der Waals surface area contributed by atoms with E-state index in [1.54, 1.807) is 37.1 Å². The van der Waals surface area contributed by atoms with Gasteiger partial charge >= 0.3 is 0 Å². The highest BCUT2D eigenvalue weighted by Gasteiger charge is 2.35. The summed E-state index contributed by atoms with van der Waals surface area (Å²) >= 11 is 8.91. The molecule has 0 atom stereocenters. The van der Waals surface area contributed by atoms with Gasteiger partial charge in [0, 0.05) is 15.7 Å². The van der Waals surface area contributed by atoms with Crippen LogP contribution in [0.4, 0.5) is 0 Å². The van der Waals surface area contributed by atoms with Crippen LogP contribution in [0.25, 0.3) is 6.08 Å². The fourth-order valence-corrected chi connectivity index (χ4v) is 4.76. The van der Waals surface area contributed by atoms with Crippen LogP contribution < -0.4 is 9.47 Å². The molecule has 2 aromatic carbocycles. The molecule has 2 heterocycles. The third kappa shape index (κ3) is 5.43. The molecular formula is C23H21ClN4O3S2. The highest BCUT2D eigenvalue weighted by atomic mass is 35.5. The number of carbonyl (C=O) groups is 1. The zero-order chi connectivity index (χ0) is 23.4. The summed E-state index contributed by atoms with van der Waals surface area (Å²) in [6.45, 7) is 2.47. The van der Waals surface area contributed by atoms with Crippen molar-refractivity contribution in [2.75, 3.05) is 19.5 Å². The van der Waals surface area contributed by atoms with E-state index in [9.17, 15) is 4.79 Å². The Kier molecular flexibility index (Phi) is 7.42. The summed E-state index contributed by atoms with van der Waals surface area (Å²) in [6, 6.07) is 13.1. The molecule has 2 aromatic rings. The van der Waals surface area contributed by atoms with Crippen LogP contribution in [-0.2, 0) is 4.79 Å². The van der Waals surface area contributed by atoms with Crippen LogP contribution in [0.5, 0.6) is 11.5 Å². The second kappa shape index (κ2) is 10.5. The lowest BCUT2D eigenvalue weighted by Crippen LogP contribution is -2.35. The maximum absolute atomic E-state index is 12.5. The molecule has 0 spiro atoms. The highest BCUT2D eigenvalue weighted by Crippen LogP contribution is 2.32. The summed E-state index contributed by atoms with van der Waals surface area (Å²) < 4.78 is 11.4. The predicted molar refractivity (Wildman–Crippen MR) is 136 cm³/mol. The number of nitrogens with zero attached hydrogens (tertiary/aromatic N) is 3. The van der Waals surface area contributed by atoms with Gasteiger partial charge in [-0.2, -0.15) is 15.1 Å². The topological polar surface area (TPSA) is 87.3 Å². The first kappa shape index (κ1) is 23.4. The van der Waals surface area contributed by atoms with Crippen molar-refractivity contribution in [2.45, 2.75) is 18.2 Å². The predicted octanol–water partition coefficient (Wildman–Crippen LogP) is 5.55. The minimum Gasteiger partial charge on any atom is -0.493 e. The summed E-state index contributed by atoms with van der Waals surface area (Å²) in [6.07, 6.45) is 2.34. The van der Waals surface area contributed by atoms with Crippen molar-refractivity contribution in [3.05, 3.63) is 58.6 Å². The zero-order valence-electron chi connectivity index (χ0n) is 18.0. The van der Waals surface area contributed by atoms with Crippen molar-refractivity contribution >= 4 is 63.2 Å². The summed E-state index contributed by atoms with van der Waals surface area (Å²) in [5, 5.41) is 16.2. The second-order valence-electron chi connectivity index (χ2n) is 6.93. The van der Waals surface area contributed by atoms with Crippen LogP contribution in [0.3, 0.4) is 0 Å². The number of hydrazone groups is 1. The minimum absolute atomic E-state index is 0.0134. The number of aliphatic imine (C=N–C) groups is 1. The van der Waals surface area contributed by atoms with Gasteiger partial charge in [-0.05, 0) is 66.2 Å². The van der Waals surface area contributed by atoms with Crippen LogP contribution >= 0.6 is 35.1 Å². The molecule has 1 amide bonds. The first-order valence-electron chi connectivity index (χ1n) is 10.2. The fraction of sp³-hybridized carbons (Fsp3) is 0.217. The van der Waals surface area contributed by atoms with Crippen molar-refractivity contribution in [2.24, 2.45) is 10.1 Å². The molecule has 0 saturated carbocycles.